The molecule has 0 aliphatic heterocycles. The average molecular weight is 371 g/mol. The maximum Gasteiger partial charge on any atom is 0.272 e. The fourth-order valence-corrected chi connectivity index (χ4v) is 2.13. The summed E-state index contributed by atoms with van der Waals surface area (Å²) in [6.07, 6.45) is -2.53. The number of rotatable bonds is 7. The Labute approximate surface area is 151 Å². The van der Waals surface area contributed by atoms with E-state index in [2.05, 4.69) is 5.32 Å². The van der Waals surface area contributed by atoms with Crippen molar-refractivity contribution in [3.05, 3.63) is 65.2 Å². The van der Waals surface area contributed by atoms with Crippen molar-refractivity contribution in [1.82, 2.24) is 5.32 Å². The van der Waals surface area contributed by atoms with Gasteiger partial charge in [0.25, 0.3) is 6.43 Å². The van der Waals surface area contributed by atoms with E-state index in [0.717, 1.165) is 16.7 Å². The second-order valence-corrected chi connectivity index (χ2v) is 5.46. The number of halogens is 3. The van der Waals surface area contributed by atoms with E-state index in [4.69, 9.17) is 10.5 Å². The minimum absolute atomic E-state index is 0. The molecule has 0 saturated carbocycles. The molecule has 0 spiro atoms. The Morgan fingerprint density at radius 2 is 1.88 bits per heavy atom. The Balaban J connectivity index is 0.00000312. The maximum atomic E-state index is 12.2. The van der Waals surface area contributed by atoms with Gasteiger partial charge in [0.2, 0.25) is 5.91 Å². The van der Waals surface area contributed by atoms with Gasteiger partial charge >= 0.3 is 0 Å². The van der Waals surface area contributed by atoms with Crippen LogP contribution in [-0.4, -0.2) is 18.9 Å². The monoisotopic (exact) mass is 370 g/mol. The van der Waals surface area contributed by atoms with Gasteiger partial charge in [0, 0.05) is 6.54 Å². The average Bonchev–Trinajstić information content (AvgIpc) is 2.58. The largest absolute Gasteiger partial charge is 0.488 e. The molecule has 0 aliphatic rings. The Hall–Kier alpha value is -2.18. The standard InChI is InChI=1S/C18H20F2N2O2.ClH/c1-12-5-7-14(8-6-12)17(21)18(23)22-10-13-3-2-4-15(9-13)24-11-16(19)20;/h2-9,16-17H,10-11,21H2,1H3,(H,22,23);1H. The highest BCUT2D eigenvalue weighted by atomic mass is 35.5. The van der Waals surface area contributed by atoms with Crippen LogP contribution in [0.5, 0.6) is 5.75 Å². The first-order chi connectivity index (χ1) is 11.5. The quantitative estimate of drug-likeness (QED) is 0.785. The molecule has 0 radical (unpaired) electrons. The van der Waals surface area contributed by atoms with Gasteiger partial charge in [0.15, 0.2) is 0 Å². The van der Waals surface area contributed by atoms with Crippen molar-refractivity contribution in [1.29, 1.82) is 0 Å². The molecular weight excluding hydrogens is 350 g/mol. The SMILES string of the molecule is Cc1ccc(C(N)C(=O)NCc2cccc(OCC(F)F)c2)cc1.Cl. The van der Waals surface area contributed by atoms with Crippen LogP contribution < -0.4 is 15.8 Å². The summed E-state index contributed by atoms with van der Waals surface area (Å²) in [4.78, 5) is 12.1. The molecule has 2 rings (SSSR count). The van der Waals surface area contributed by atoms with E-state index in [1.807, 2.05) is 31.2 Å². The molecule has 0 aromatic heterocycles. The molecule has 0 saturated heterocycles. The van der Waals surface area contributed by atoms with E-state index >= 15 is 0 Å². The van der Waals surface area contributed by atoms with Gasteiger partial charge < -0.3 is 15.8 Å². The summed E-state index contributed by atoms with van der Waals surface area (Å²) in [5.74, 6) is 0.0302. The molecule has 136 valence electrons. The van der Waals surface area contributed by atoms with Crippen LogP contribution in [0.3, 0.4) is 0 Å². The van der Waals surface area contributed by atoms with E-state index in [1.54, 1.807) is 24.3 Å². The lowest BCUT2D eigenvalue weighted by molar-refractivity contribution is -0.122. The predicted molar refractivity (Wildman–Crippen MR) is 95.1 cm³/mol. The van der Waals surface area contributed by atoms with E-state index in [-0.39, 0.29) is 24.9 Å². The first-order valence-corrected chi connectivity index (χ1v) is 7.55. The zero-order chi connectivity index (χ0) is 17.5. The molecule has 0 fully saturated rings. The van der Waals surface area contributed by atoms with Crippen molar-refractivity contribution < 1.29 is 18.3 Å². The zero-order valence-electron chi connectivity index (χ0n) is 13.7. The third kappa shape index (κ3) is 6.68. The van der Waals surface area contributed by atoms with Gasteiger partial charge in [-0.25, -0.2) is 8.78 Å². The number of hydrogen-bond donors (Lipinski definition) is 2. The van der Waals surface area contributed by atoms with Crippen LogP contribution >= 0.6 is 12.4 Å². The molecule has 1 atom stereocenters. The van der Waals surface area contributed by atoms with Crippen molar-refractivity contribution in [3.8, 4) is 5.75 Å². The highest BCUT2D eigenvalue weighted by Gasteiger charge is 2.15. The molecule has 25 heavy (non-hydrogen) atoms. The summed E-state index contributed by atoms with van der Waals surface area (Å²) < 4.78 is 29.3. The summed E-state index contributed by atoms with van der Waals surface area (Å²) in [5, 5.41) is 2.74. The molecule has 2 aromatic rings. The normalized spacial score (nSPS) is 11.6. The van der Waals surface area contributed by atoms with Gasteiger partial charge in [-0.05, 0) is 30.2 Å². The number of amides is 1. The number of nitrogens with one attached hydrogen (secondary N) is 1. The second kappa shape index (κ2) is 9.96. The predicted octanol–water partition coefficient (Wildman–Crippen LogP) is 3.38. The van der Waals surface area contributed by atoms with Gasteiger partial charge in [-0.1, -0.05) is 42.0 Å². The number of ether oxygens (including phenoxy) is 1. The fourth-order valence-electron chi connectivity index (χ4n) is 2.13. The van der Waals surface area contributed by atoms with Crippen molar-refractivity contribution in [3.63, 3.8) is 0 Å². The minimum atomic E-state index is -2.53. The molecule has 7 heteroatoms. The third-order valence-corrected chi connectivity index (χ3v) is 3.46. The Bertz CT molecular complexity index is 681. The number of alkyl halides is 2. The lowest BCUT2D eigenvalue weighted by Gasteiger charge is -2.13. The lowest BCUT2D eigenvalue weighted by atomic mass is 10.1. The van der Waals surface area contributed by atoms with Crippen LogP contribution in [0.1, 0.15) is 22.7 Å². The first-order valence-electron chi connectivity index (χ1n) is 7.55. The molecule has 1 amide bonds. The van der Waals surface area contributed by atoms with Gasteiger partial charge in [-0.3, -0.25) is 4.79 Å². The third-order valence-electron chi connectivity index (χ3n) is 3.46. The van der Waals surface area contributed by atoms with Gasteiger partial charge in [-0.15, -0.1) is 12.4 Å². The molecule has 1 unspecified atom stereocenters. The molecule has 4 nitrogen and oxygen atoms in total. The van der Waals surface area contributed by atoms with Crippen LogP contribution in [0.25, 0.3) is 0 Å². The smallest absolute Gasteiger partial charge is 0.272 e. The molecule has 2 aromatic carbocycles. The minimum Gasteiger partial charge on any atom is -0.488 e. The van der Waals surface area contributed by atoms with Crippen LogP contribution in [0.2, 0.25) is 0 Å². The number of carbonyl (C=O) groups excluding carboxylic acids is 1. The molecule has 3 N–H and O–H groups in total. The summed E-state index contributed by atoms with van der Waals surface area (Å²) in [7, 11) is 0. The lowest BCUT2D eigenvalue weighted by Crippen LogP contribution is -2.33. The number of hydrogen-bond acceptors (Lipinski definition) is 3. The van der Waals surface area contributed by atoms with Crippen molar-refractivity contribution >= 4 is 18.3 Å². The molecule has 0 bridgehead atoms. The first kappa shape index (κ1) is 20.9. The van der Waals surface area contributed by atoms with E-state index in [9.17, 15) is 13.6 Å². The Morgan fingerprint density at radius 1 is 1.20 bits per heavy atom. The summed E-state index contributed by atoms with van der Waals surface area (Å²) >= 11 is 0. The molecule has 0 heterocycles. The molecule has 0 aliphatic carbocycles. The van der Waals surface area contributed by atoms with Crippen LogP contribution in [0, 0.1) is 6.92 Å². The van der Waals surface area contributed by atoms with Crippen molar-refractivity contribution in [2.45, 2.75) is 25.9 Å². The second-order valence-electron chi connectivity index (χ2n) is 5.46. The van der Waals surface area contributed by atoms with Crippen LogP contribution in [-0.2, 0) is 11.3 Å². The van der Waals surface area contributed by atoms with E-state index < -0.39 is 19.1 Å². The summed E-state index contributed by atoms with van der Waals surface area (Å²) in [5.41, 5.74) is 8.50. The fraction of sp³-hybridized carbons (Fsp3) is 0.278. The Kier molecular flexibility index (Phi) is 8.31. The maximum absolute atomic E-state index is 12.2. The van der Waals surface area contributed by atoms with Crippen molar-refractivity contribution in [2.75, 3.05) is 6.61 Å². The van der Waals surface area contributed by atoms with E-state index in [1.165, 1.54) is 0 Å². The van der Waals surface area contributed by atoms with Gasteiger partial charge in [0.1, 0.15) is 18.4 Å². The van der Waals surface area contributed by atoms with Crippen molar-refractivity contribution in [2.24, 2.45) is 5.73 Å². The van der Waals surface area contributed by atoms with Gasteiger partial charge in [0.05, 0.1) is 0 Å². The highest BCUT2D eigenvalue weighted by molar-refractivity contribution is 5.85. The van der Waals surface area contributed by atoms with Crippen LogP contribution in [0.4, 0.5) is 8.78 Å². The zero-order valence-corrected chi connectivity index (χ0v) is 14.6. The Morgan fingerprint density at radius 3 is 2.52 bits per heavy atom. The number of nitrogens with two attached hydrogens (primary N) is 1. The number of aryl methyl sites for hydroxylation is 1. The highest BCUT2D eigenvalue weighted by Crippen LogP contribution is 2.15. The molecular formula is C18H21ClF2N2O2. The summed E-state index contributed by atoms with van der Waals surface area (Å²) in [6, 6.07) is 13.3. The number of carbonyl (C=O) groups is 1. The number of benzene rings is 2. The van der Waals surface area contributed by atoms with E-state index in [0.29, 0.717) is 5.75 Å². The van der Waals surface area contributed by atoms with Crippen LogP contribution in [0.15, 0.2) is 48.5 Å². The topological polar surface area (TPSA) is 64.4 Å². The summed E-state index contributed by atoms with van der Waals surface area (Å²) in [6.45, 7) is 1.54. The van der Waals surface area contributed by atoms with Gasteiger partial charge in [-0.2, -0.15) is 0 Å².